The van der Waals surface area contributed by atoms with Gasteiger partial charge in [-0.25, -0.2) is 8.42 Å². The number of ether oxygens (including phenoxy) is 1. The molecule has 6 nitrogen and oxygen atoms in total. The van der Waals surface area contributed by atoms with Crippen LogP contribution < -0.4 is 14.8 Å². The summed E-state index contributed by atoms with van der Waals surface area (Å²) in [4.78, 5) is 12.3. The van der Waals surface area contributed by atoms with E-state index in [4.69, 9.17) is 4.74 Å². The van der Waals surface area contributed by atoms with Crippen LogP contribution in [-0.4, -0.2) is 26.7 Å². The smallest absolute Gasteiger partial charge is 0.255 e. The first-order chi connectivity index (χ1) is 11.2. The van der Waals surface area contributed by atoms with Gasteiger partial charge in [-0.1, -0.05) is 6.07 Å². The fourth-order valence-corrected chi connectivity index (χ4v) is 2.59. The van der Waals surface area contributed by atoms with Crippen molar-refractivity contribution in [2.24, 2.45) is 0 Å². The van der Waals surface area contributed by atoms with Gasteiger partial charge >= 0.3 is 0 Å². The molecule has 0 spiro atoms. The summed E-state index contributed by atoms with van der Waals surface area (Å²) in [6, 6.07) is 13.3. The van der Waals surface area contributed by atoms with Crippen molar-refractivity contribution in [3.8, 4) is 5.75 Å². The third-order valence-electron chi connectivity index (χ3n) is 2.91. The predicted octanol–water partition coefficient (Wildman–Crippen LogP) is 3.10. The molecule has 2 rings (SSSR count). The third kappa shape index (κ3) is 5.58. The molecule has 0 atom stereocenters. The lowest BCUT2D eigenvalue weighted by Crippen LogP contribution is -2.14. The Labute approximate surface area is 141 Å². The summed E-state index contributed by atoms with van der Waals surface area (Å²) in [7, 11) is -3.39. The van der Waals surface area contributed by atoms with Crippen LogP contribution >= 0.6 is 0 Å². The number of hydrogen-bond acceptors (Lipinski definition) is 4. The molecule has 0 bridgehead atoms. The fourth-order valence-electron chi connectivity index (χ4n) is 2.03. The zero-order valence-electron chi connectivity index (χ0n) is 13.7. The molecule has 0 aliphatic heterocycles. The van der Waals surface area contributed by atoms with Crippen LogP contribution in [0.2, 0.25) is 0 Å². The average molecular weight is 348 g/mol. The van der Waals surface area contributed by atoms with E-state index < -0.39 is 10.0 Å². The van der Waals surface area contributed by atoms with Gasteiger partial charge < -0.3 is 10.1 Å². The van der Waals surface area contributed by atoms with Crippen molar-refractivity contribution in [1.29, 1.82) is 0 Å². The van der Waals surface area contributed by atoms with E-state index in [1.165, 1.54) is 6.07 Å². The zero-order valence-corrected chi connectivity index (χ0v) is 14.6. The Hall–Kier alpha value is -2.54. The van der Waals surface area contributed by atoms with Crippen LogP contribution in [0.5, 0.6) is 5.75 Å². The number of sulfonamides is 1. The number of benzene rings is 2. The first-order valence-electron chi connectivity index (χ1n) is 7.39. The Kier molecular flexibility index (Phi) is 5.46. The van der Waals surface area contributed by atoms with E-state index in [9.17, 15) is 13.2 Å². The molecule has 24 heavy (non-hydrogen) atoms. The van der Waals surface area contributed by atoms with Crippen LogP contribution in [0.15, 0.2) is 48.5 Å². The maximum atomic E-state index is 12.3. The standard InChI is InChI=1S/C17H20N2O4S/c1-12(2)23-16-9-7-14(8-10-16)18-17(20)13-5-4-6-15(11-13)19-24(3,21)22/h4-12,19H,1-3H3,(H,18,20). The number of rotatable bonds is 6. The second-order valence-corrected chi connectivity index (χ2v) is 7.35. The van der Waals surface area contributed by atoms with Crippen LogP contribution in [0.25, 0.3) is 0 Å². The molecule has 0 aliphatic rings. The second kappa shape index (κ2) is 7.35. The minimum atomic E-state index is -3.39. The van der Waals surface area contributed by atoms with Crippen molar-refractivity contribution < 1.29 is 17.9 Å². The molecule has 0 unspecified atom stereocenters. The average Bonchev–Trinajstić information content (AvgIpc) is 2.47. The molecule has 0 aromatic heterocycles. The van der Waals surface area contributed by atoms with Crippen molar-refractivity contribution in [2.75, 3.05) is 16.3 Å². The zero-order chi connectivity index (χ0) is 17.7. The second-order valence-electron chi connectivity index (χ2n) is 5.60. The van der Waals surface area contributed by atoms with Gasteiger partial charge in [-0.3, -0.25) is 9.52 Å². The fraction of sp³-hybridized carbons (Fsp3) is 0.235. The molecule has 2 aromatic carbocycles. The van der Waals surface area contributed by atoms with E-state index in [2.05, 4.69) is 10.0 Å². The molecule has 0 fully saturated rings. The number of amides is 1. The minimum Gasteiger partial charge on any atom is -0.491 e. The normalized spacial score (nSPS) is 11.2. The Morgan fingerprint density at radius 1 is 1.04 bits per heavy atom. The summed E-state index contributed by atoms with van der Waals surface area (Å²) in [5.41, 5.74) is 1.31. The number of carbonyl (C=O) groups excluding carboxylic acids is 1. The Morgan fingerprint density at radius 3 is 2.29 bits per heavy atom. The van der Waals surface area contributed by atoms with Gasteiger partial charge in [0.15, 0.2) is 0 Å². The first kappa shape index (κ1) is 17.8. The molecule has 2 aromatic rings. The quantitative estimate of drug-likeness (QED) is 0.840. The van der Waals surface area contributed by atoms with Gasteiger partial charge in [-0.05, 0) is 56.3 Å². The van der Waals surface area contributed by atoms with Gasteiger partial charge in [0.1, 0.15) is 5.75 Å². The molecular weight excluding hydrogens is 328 g/mol. The highest BCUT2D eigenvalue weighted by Gasteiger charge is 2.09. The summed E-state index contributed by atoms with van der Waals surface area (Å²) < 4.78 is 30.4. The molecule has 1 amide bonds. The van der Waals surface area contributed by atoms with E-state index in [1.54, 1.807) is 42.5 Å². The third-order valence-corrected chi connectivity index (χ3v) is 3.52. The van der Waals surface area contributed by atoms with E-state index in [1.807, 2.05) is 13.8 Å². The summed E-state index contributed by atoms with van der Waals surface area (Å²) in [6.45, 7) is 3.88. The van der Waals surface area contributed by atoms with Crippen molar-refractivity contribution in [3.05, 3.63) is 54.1 Å². The van der Waals surface area contributed by atoms with Gasteiger partial charge in [0.2, 0.25) is 10.0 Å². The first-order valence-corrected chi connectivity index (χ1v) is 9.28. The van der Waals surface area contributed by atoms with Crippen LogP contribution in [0.4, 0.5) is 11.4 Å². The van der Waals surface area contributed by atoms with Crippen LogP contribution in [-0.2, 0) is 10.0 Å². The maximum Gasteiger partial charge on any atom is 0.255 e. The number of carbonyl (C=O) groups is 1. The highest BCUT2D eigenvalue weighted by Crippen LogP contribution is 2.18. The molecule has 0 radical (unpaired) electrons. The molecule has 0 saturated carbocycles. The lowest BCUT2D eigenvalue weighted by molar-refractivity contribution is 0.102. The summed E-state index contributed by atoms with van der Waals surface area (Å²) >= 11 is 0. The highest BCUT2D eigenvalue weighted by atomic mass is 32.2. The van der Waals surface area contributed by atoms with Gasteiger partial charge in [-0.2, -0.15) is 0 Å². The van der Waals surface area contributed by atoms with Crippen LogP contribution in [0.3, 0.4) is 0 Å². The molecule has 0 heterocycles. The SMILES string of the molecule is CC(C)Oc1ccc(NC(=O)c2cccc(NS(C)(=O)=O)c2)cc1. The molecule has 128 valence electrons. The highest BCUT2D eigenvalue weighted by molar-refractivity contribution is 7.92. The minimum absolute atomic E-state index is 0.0792. The van der Waals surface area contributed by atoms with Crippen molar-refractivity contribution >= 4 is 27.3 Å². The Balaban J connectivity index is 2.08. The summed E-state index contributed by atoms with van der Waals surface area (Å²) in [5, 5.41) is 2.76. The monoisotopic (exact) mass is 348 g/mol. The molecule has 0 saturated heterocycles. The van der Waals surface area contributed by atoms with Gasteiger partial charge in [0.25, 0.3) is 5.91 Å². The lowest BCUT2D eigenvalue weighted by atomic mass is 10.2. The van der Waals surface area contributed by atoms with Gasteiger partial charge in [-0.15, -0.1) is 0 Å². The summed E-state index contributed by atoms with van der Waals surface area (Å²) in [6.07, 6.45) is 1.14. The van der Waals surface area contributed by atoms with Crippen LogP contribution in [0.1, 0.15) is 24.2 Å². The van der Waals surface area contributed by atoms with E-state index >= 15 is 0 Å². The topological polar surface area (TPSA) is 84.5 Å². The number of nitrogens with one attached hydrogen (secondary N) is 2. The van der Waals surface area contributed by atoms with Crippen molar-refractivity contribution in [2.45, 2.75) is 20.0 Å². The predicted molar refractivity (Wildman–Crippen MR) is 95.1 cm³/mol. The molecule has 7 heteroatoms. The number of anilines is 2. The van der Waals surface area contributed by atoms with Gasteiger partial charge in [0.05, 0.1) is 12.4 Å². The lowest BCUT2D eigenvalue weighted by Gasteiger charge is -2.11. The summed E-state index contributed by atoms with van der Waals surface area (Å²) in [5.74, 6) is 0.395. The van der Waals surface area contributed by atoms with E-state index in [-0.39, 0.29) is 12.0 Å². The van der Waals surface area contributed by atoms with Crippen molar-refractivity contribution in [1.82, 2.24) is 0 Å². The van der Waals surface area contributed by atoms with E-state index in [0.29, 0.717) is 16.9 Å². The molecule has 0 aliphatic carbocycles. The Bertz CT molecular complexity index is 815. The Morgan fingerprint density at radius 2 is 1.71 bits per heavy atom. The molecule has 2 N–H and O–H groups in total. The van der Waals surface area contributed by atoms with Gasteiger partial charge in [0, 0.05) is 16.9 Å². The van der Waals surface area contributed by atoms with Crippen LogP contribution in [0, 0.1) is 0 Å². The molecular formula is C17H20N2O4S. The number of hydrogen-bond donors (Lipinski definition) is 2. The van der Waals surface area contributed by atoms with E-state index in [0.717, 1.165) is 12.0 Å². The maximum absolute atomic E-state index is 12.3. The van der Waals surface area contributed by atoms with Crippen molar-refractivity contribution in [3.63, 3.8) is 0 Å². The largest absolute Gasteiger partial charge is 0.491 e.